The molecule has 0 spiro atoms. The van der Waals surface area contributed by atoms with Crippen LogP contribution in [0.25, 0.3) is 0 Å². The number of anilines is 1. The number of ether oxygens (including phenoxy) is 1. The number of amides is 2. The number of aryl methyl sites for hydroxylation is 1. The molecule has 0 saturated heterocycles. The first kappa shape index (κ1) is 32.4. The van der Waals surface area contributed by atoms with Gasteiger partial charge in [0.25, 0.3) is 10.0 Å². The number of benzene rings is 3. The van der Waals surface area contributed by atoms with Gasteiger partial charge in [0.1, 0.15) is 18.3 Å². The van der Waals surface area contributed by atoms with E-state index < -0.39 is 28.5 Å². The summed E-state index contributed by atoms with van der Waals surface area (Å²) in [6, 6.07) is 17.4. The van der Waals surface area contributed by atoms with Crippen LogP contribution in [0.15, 0.2) is 76.1 Å². The van der Waals surface area contributed by atoms with Gasteiger partial charge in [-0.15, -0.1) is 0 Å². The van der Waals surface area contributed by atoms with E-state index in [0.717, 1.165) is 19.9 Å². The lowest BCUT2D eigenvalue weighted by Crippen LogP contribution is -2.51. The number of hydrogen-bond donors (Lipinski definition) is 1. The number of nitrogens with one attached hydrogen (secondary N) is 1. The molecule has 11 heteroatoms. The molecule has 8 nitrogen and oxygen atoms in total. The second-order valence-corrected chi connectivity index (χ2v) is 13.3. The molecule has 3 aromatic carbocycles. The first-order valence-corrected chi connectivity index (χ1v) is 15.7. The van der Waals surface area contributed by atoms with Crippen LogP contribution in [0.3, 0.4) is 0 Å². The lowest BCUT2D eigenvalue weighted by molar-refractivity contribution is -0.139. The van der Waals surface area contributed by atoms with Crippen molar-refractivity contribution in [3.8, 4) is 5.75 Å². The molecule has 0 unspecified atom stereocenters. The maximum Gasteiger partial charge on any atom is 0.264 e. The third-order valence-corrected chi connectivity index (χ3v) is 8.95. The molecule has 0 aliphatic rings. The molecule has 3 aromatic rings. The molecule has 41 heavy (non-hydrogen) atoms. The number of rotatable bonds is 12. The smallest absolute Gasteiger partial charge is 0.264 e. The van der Waals surface area contributed by atoms with E-state index in [9.17, 15) is 18.0 Å². The molecule has 0 aromatic heterocycles. The van der Waals surface area contributed by atoms with Crippen molar-refractivity contribution < 1.29 is 22.7 Å². The Kier molecular flexibility index (Phi) is 11.2. The van der Waals surface area contributed by atoms with Gasteiger partial charge in [-0.25, -0.2) is 8.42 Å². The highest BCUT2D eigenvalue weighted by atomic mass is 79.9. The van der Waals surface area contributed by atoms with E-state index in [1.54, 1.807) is 31.2 Å². The molecular weight excluding hydrogens is 630 g/mol. The summed E-state index contributed by atoms with van der Waals surface area (Å²) in [5, 5.41) is 3.14. The van der Waals surface area contributed by atoms with E-state index in [2.05, 4.69) is 21.2 Å². The Hall–Kier alpha value is -3.08. The topological polar surface area (TPSA) is 96.0 Å². The predicted octanol–water partition coefficient (Wildman–Crippen LogP) is 5.80. The van der Waals surface area contributed by atoms with Crippen LogP contribution in [0, 0.1) is 12.8 Å². The average Bonchev–Trinajstić information content (AvgIpc) is 2.93. The molecule has 0 aliphatic carbocycles. The van der Waals surface area contributed by atoms with Crippen molar-refractivity contribution in [1.29, 1.82) is 0 Å². The van der Waals surface area contributed by atoms with Gasteiger partial charge in [0.15, 0.2) is 0 Å². The van der Waals surface area contributed by atoms with Crippen LogP contribution in [0.2, 0.25) is 5.02 Å². The molecule has 0 bridgehead atoms. The van der Waals surface area contributed by atoms with Gasteiger partial charge in [0, 0.05) is 22.6 Å². The molecule has 220 valence electrons. The zero-order chi connectivity index (χ0) is 30.3. The van der Waals surface area contributed by atoms with Crippen LogP contribution in [-0.2, 0) is 26.2 Å². The van der Waals surface area contributed by atoms with Gasteiger partial charge < -0.3 is 15.0 Å². The number of sulfonamides is 1. The van der Waals surface area contributed by atoms with Gasteiger partial charge in [-0.2, -0.15) is 0 Å². The van der Waals surface area contributed by atoms with Crippen LogP contribution in [0.5, 0.6) is 5.75 Å². The molecule has 0 saturated carbocycles. The van der Waals surface area contributed by atoms with E-state index in [1.165, 1.54) is 30.2 Å². The van der Waals surface area contributed by atoms with Crippen LogP contribution in [0.4, 0.5) is 5.69 Å². The van der Waals surface area contributed by atoms with Gasteiger partial charge in [0.2, 0.25) is 11.8 Å². The van der Waals surface area contributed by atoms with Gasteiger partial charge in [0.05, 0.1) is 17.7 Å². The molecule has 1 atom stereocenters. The van der Waals surface area contributed by atoms with E-state index in [-0.39, 0.29) is 39.7 Å². The SMILES string of the molecule is COc1ccc(Cl)cc1N(CC(=O)N(Cc1ccc(Br)cc1)[C@@H](C)C(=O)NCC(C)C)S(=O)(=O)c1ccc(C)cc1. The third kappa shape index (κ3) is 8.47. The Balaban J connectivity index is 2.08. The summed E-state index contributed by atoms with van der Waals surface area (Å²) in [6.45, 7) is 7.37. The normalized spacial score (nSPS) is 12.1. The van der Waals surface area contributed by atoms with Crippen molar-refractivity contribution in [2.75, 3.05) is 24.5 Å². The molecule has 0 aliphatic heterocycles. The summed E-state index contributed by atoms with van der Waals surface area (Å²) in [4.78, 5) is 28.5. The Bertz CT molecular complexity index is 1460. The number of halogens is 2. The van der Waals surface area contributed by atoms with Gasteiger partial charge in [-0.05, 0) is 67.8 Å². The van der Waals surface area contributed by atoms with E-state index in [0.29, 0.717) is 6.54 Å². The molecule has 0 radical (unpaired) electrons. The van der Waals surface area contributed by atoms with Crippen molar-refractivity contribution in [3.05, 3.63) is 87.4 Å². The molecule has 0 heterocycles. The van der Waals surface area contributed by atoms with Crippen LogP contribution in [-0.4, -0.2) is 51.4 Å². The fourth-order valence-corrected chi connectivity index (χ4v) is 5.88. The molecule has 3 rings (SSSR count). The average molecular weight is 665 g/mol. The number of methoxy groups -OCH3 is 1. The summed E-state index contributed by atoms with van der Waals surface area (Å²) in [6.07, 6.45) is 0. The lowest BCUT2D eigenvalue weighted by Gasteiger charge is -2.32. The van der Waals surface area contributed by atoms with E-state index >= 15 is 0 Å². The highest BCUT2D eigenvalue weighted by Crippen LogP contribution is 2.35. The van der Waals surface area contributed by atoms with Crippen LogP contribution in [0.1, 0.15) is 31.9 Å². The second-order valence-electron chi connectivity index (χ2n) is 10.1. The minimum absolute atomic E-state index is 0.000105. The first-order valence-electron chi connectivity index (χ1n) is 13.1. The summed E-state index contributed by atoms with van der Waals surface area (Å²) in [5.74, 6) is -0.470. The Morgan fingerprint density at radius 3 is 2.22 bits per heavy atom. The molecule has 2 amide bonds. The van der Waals surface area contributed by atoms with E-state index in [4.69, 9.17) is 16.3 Å². The Morgan fingerprint density at radius 2 is 1.63 bits per heavy atom. The van der Waals surface area contributed by atoms with Gasteiger partial charge in [-0.1, -0.05) is 71.2 Å². The minimum Gasteiger partial charge on any atom is -0.495 e. The van der Waals surface area contributed by atoms with Crippen LogP contribution < -0.4 is 14.4 Å². The fourth-order valence-electron chi connectivity index (χ4n) is 4.03. The predicted molar refractivity (Wildman–Crippen MR) is 166 cm³/mol. The summed E-state index contributed by atoms with van der Waals surface area (Å²) < 4.78 is 35.4. The minimum atomic E-state index is -4.25. The highest BCUT2D eigenvalue weighted by molar-refractivity contribution is 9.10. The summed E-state index contributed by atoms with van der Waals surface area (Å²) >= 11 is 9.69. The van der Waals surface area contributed by atoms with E-state index in [1.807, 2.05) is 45.0 Å². The number of nitrogens with zero attached hydrogens (tertiary/aromatic N) is 2. The van der Waals surface area contributed by atoms with Crippen molar-refractivity contribution in [1.82, 2.24) is 10.2 Å². The zero-order valence-corrected chi connectivity index (χ0v) is 26.9. The van der Waals surface area contributed by atoms with Crippen molar-refractivity contribution in [2.45, 2.75) is 45.2 Å². The van der Waals surface area contributed by atoms with Gasteiger partial charge in [-0.3, -0.25) is 13.9 Å². The Labute approximate surface area is 255 Å². The summed E-state index contributed by atoms with van der Waals surface area (Å²) in [7, 11) is -2.85. The first-order chi connectivity index (χ1) is 19.3. The third-order valence-electron chi connectivity index (χ3n) is 6.42. The molecular formula is C30H35BrClN3O5S. The van der Waals surface area contributed by atoms with Gasteiger partial charge >= 0.3 is 0 Å². The fraction of sp³-hybridized carbons (Fsp3) is 0.333. The second kappa shape index (κ2) is 14.2. The lowest BCUT2D eigenvalue weighted by atomic mass is 10.1. The van der Waals surface area contributed by atoms with Crippen LogP contribution >= 0.6 is 27.5 Å². The maximum absolute atomic E-state index is 14.1. The number of hydrogen-bond acceptors (Lipinski definition) is 5. The van der Waals surface area contributed by atoms with Crippen molar-refractivity contribution in [3.63, 3.8) is 0 Å². The molecule has 1 N–H and O–H groups in total. The Morgan fingerprint density at radius 1 is 1.00 bits per heavy atom. The van der Waals surface area contributed by atoms with Crippen molar-refractivity contribution in [2.24, 2.45) is 5.92 Å². The zero-order valence-electron chi connectivity index (χ0n) is 23.7. The largest absolute Gasteiger partial charge is 0.495 e. The standard InChI is InChI=1S/C30H35BrClN3O5S/c1-20(2)17-33-30(37)22(4)34(18-23-8-10-24(31)11-9-23)29(36)19-35(27-16-25(32)12-15-28(27)40-5)41(38,39)26-13-6-21(3)7-14-26/h6-16,20,22H,17-19H2,1-5H3,(H,33,37)/t22-/m0/s1. The molecule has 0 fully saturated rings. The number of carbonyl (C=O) groups is 2. The van der Waals surface area contributed by atoms with Crippen molar-refractivity contribution >= 4 is 55.1 Å². The monoisotopic (exact) mass is 663 g/mol. The maximum atomic E-state index is 14.1. The highest BCUT2D eigenvalue weighted by Gasteiger charge is 2.34. The summed E-state index contributed by atoms with van der Waals surface area (Å²) in [5.41, 5.74) is 1.77. The quantitative estimate of drug-likeness (QED) is 0.264. The number of carbonyl (C=O) groups excluding carboxylic acids is 2.